The molecule has 7 rings (SSSR count). The molecule has 46 heavy (non-hydrogen) atoms. The van der Waals surface area contributed by atoms with Crippen LogP contribution >= 0.6 is 15.6 Å². The van der Waals surface area contributed by atoms with E-state index in [1.165, 1.54) is 10.9 Å². The third kappa shape index (κ3) is 5.39. The third-order valence-corrected chi connectivity index (χ3v) is 9.51. The van der Waals surface area contributed by atoms with Gasteiger partial charge < -0.3 is 40.9 Å². The van der Waals surface area contributed by atoms with Crippen molar-refractivity contribution in [2.45, 2.75) is 56.0 Å². The number of imidazole rings is 2. The number of hydrogen-bond donors (Lipinski definition) is 7. The van der Waals surface area contributed by atoms with Crippen LogP contribution in [-0.4, -0.2) is 109 Å². The minimum Gasteiger partial charge on any atom is -0.386 e. The number of aryl methyl sites for hydroxylation is 1. The molecule has 3 aliphatic heterocycles. The van der Waals surface area contributed by atoms with Crippen LogP contribution < -0.4 is 17.0 Å². The largest absolute Gasteiger partial charge is 0.472 e. The Morgan fingerprint density at radius 3 is 1.89 bits per heavy atom. The number of aliphatic hydroxyl groups is 2. The molecule has 248 valence electrons. The number of fused-ring (bicyclic) bond motifs is 4. The highest BCUT2D eigenvalue weighted by atomic mass is 31.2. The first-order chi connectivity index (χ1) is 21.7. The van der Waals surface area contributed by atoms with Crippen molar-refractivity contribution < 1.29 is 56.7 Å². The van der Waals surface area contributed by atoms with Crippen LogP contribution in [0.2, 0.25) is 0 Å². The van der Waals surface area contributed by atoms with E-state index in [4.69, 9.17) is 39.0 Å². The lowest BCUT2D eigenvalue weighted by Gasteiger charge is -2.27. The number of aromatic amines is 1. The first-order valence-corrected chi connectivity index (χ1v) is 16.4. The summed E-state index contributed by atoms with van der Waals surface area (Å²) in [5.74, 6) is -0.361. The molecule has 4 aromatic heterocycles. The van der Waals surface area contributed by atoms with E-state index in [2.05, 4.69) is 29.9 Å². The summed E-state index contributed by atoms with van der Waals surface area (Å²) in [6, 6.07) is 0. The van der Waals surface area contributed by atoms with Gasteiger partial charge in [0, 0.05) is 0 Å². The second-order valence-electron chi connectivity index (χ2n) is 10.5. The SMILES string of the molecule is Cc1nc(N)nc2c1ncn2[C@@H]1O[C@@H]2COP(=O)(O)O[C@@H]3C(O)[C@H](n4cnc5c(=O)[nH]c(N)nc54)O[C@@H]3COP(=O)(O)OC2[C@@H]1O. The number of anilines is 2. The molecule has 4 unspecified atom stereocenters. The predicted molar refractivity (Wildman–Crippen MR) is 148 cm³/mol. The van der Waals surface area contributed by atoms with Gasteiger partial charge in [0.05, 0.1) is 31.6 Å². The van der Waals surface area contributed by atoms with Crippen molar-refractivity contribution in [3.05, 3.63) is 28.7 Å². The summed E-state index contributed by atoms with van der Waals surface area (Å²) in [5, 5.41) is 22.3. The molecule has 3 saturated heterocycles. The van der Waals surface area contributed by atoms with E-state index >= 15 is 0 Å². The molecule has 7 heterocycles. The zero-order valence-corrected chi connectivity index (χ0v) is 25.1. The van der Waals surface area contributed by atoms with Crippen LogP contribution in [0.4, 0.5) is 11.9 Å². The maximum atomic E-state index is 13.1. The minimum absolute atomic E-state index is 0.0931. The van der Waals surface area contributed by atoms with Crippen molar-refractivity contribution in [3.8, 4) is 0 Å². The van der Waals surface area contributed by atoms with Crippen LogP contribution in [0.3, 0.4) is 0 Å². The van der Waals surface area contributed by atoms with Crippen LogP contribution in [0.15, 0.2) is 17.4 Å². The lowest BCUT2D eigenvalue weighted by atomic mass is 10.1. The third-order valence-electron chi connectivity index (χ3n) is 7.54. The molecule has 0 bridgehead atoms. The Labute approximate surface area is 255 Å². The maximum Gasteiger partial charge on any atom is 0.472 e. The first-order valence-electron chi connectivity index (χ1n) is 13.4. The van der Waals surface area contributed by atoms with Crippen molar-refractivity contribution in [2.24, 2.45) is 0 Å². The van der Waals surface area contributed by atoms with Crippen LogP contribution in [0.5, 0.6) is 0 Å². The smallest absolute Gasteiger partial charge is 0.386 e. The summed E-state index contributed by atoms with van der Waals surface area (Å²) in [7, 11) is -10.1. The van der Waals surface area contributed by atoms with Gasteiger partial charge in [0.25, 0.3) is 5.56 Å². The number of aromatic nitrogens is 8. The first kappa shape index (κ1) is 31.2. The van der Waals surface area contributed by atoms with Gasteiger partial charge in [0.2, 0.25) is 11.9 Å². The molecule has 23 nitrogen and oxygen atoms in total. The summed E-state index contributed by atoms with van der Waals surface area (Å²) in [4.78, 5) is 56.0. The Morgan fingerprint density at radius 1 is 0.848 bits per heavy atom. The number of hydrogen-bond acceptors (Lipinski definition) is 18. The molecular formula is C21H26N10O13P2. The monoisotopic (exact) mass is 688 g/mol. The molecule has 0 amide bonds. The van der Waals surface area contributed by atoms with E-state index in [1.54, 1.807) is 6.92 Å². The van der Waals surface area contributed by atoms with Gasteiger partial charge in [-0.25, -0.2) is 24.1 Å². The Kier molecular flexibility index (Phi) is 7.51. The zero-order chi connectivity index (χ0) is 32.7. The van der Waals surface area contributed by atoms with Crippen molar-refractivity contribution in [3.63, 3.8) is 0 Å². The molecule has 3 fully saturated rings. The molecule has 0 spiro atoms. The molecule has 0 radical (unpaired) electrons. The molecule has 10 atom stereocenters. The summed E-state index contributed by atoms with van der Waals surface area (Å²) >= 11 is 0. The average molecular weight is 688 g/mol. The van der Waals surface area contributed by atoms with Gasteiger partial charge in [-0.15, -0.1) is 0 Å². The Morgan fingerprint density at radius 2 is 1.35 bits per heavy atom. The zero-order valence-electron chi connectivity index (χ0n) is 23.3. The number of H-pyrrole nitrogens is 1. The highest BCUT2D eigenvalue weighted by Crippen LogP contribution is 2.53. The highest BCUT2D eigenvalue weighted by molar-refractivity contribution is 7.47. The number of nitrogen functional groups attached to an aromatic ring is 2. The number of ether oxygens (including phenoxy) is 2. The maximum absolute atomic E-state index is 13.1. The van der Waals surface area contributed by atoms with E-state index in [9.17, 15) is 33.9 Å². The Bertz CT molecular complexity index is 1990. The van der Waals surface area contributed by atoms with Crippen LogP contribution in [0.1, 0.15) is 18.1 Å². The van der Waals surface area contributed by atoms with Gasteiger partial charge in [-0.05, 0) is 6.92 Å². The number of nitrogens with zero attached hydrogens (tertiary/aromatic N) is 7. The van der Waals surface area contributed by atoms with Crippen LogP contribution in [-0.2, 0) is 36.7 Å². The number of nitrogens with one attached hydrogen (secondary N) is 1. The van der Waals surface area contributed by atoms with Crippen molar-refractivity contribution in [1.29, 1.82) is 0 Å². The lowest BCUT2D eigenvalue weighted by Crippen LogP contribution is -2.39. The van der Waals surface area contributed by atoms with Gasteiger partial charge >= 0.3 is 15.6 Å². The van der Waals surface area contributed by atoms with Crippen LogP contribution in [0.25, 0.3) is 22.3 Å². The second kappa shape index (κ2) is 11.1. The fourth-order valence-corrected chi connectivity index (χ4v) is 7.45. The molecule has 4 aromatic rings. The fourth-order valence-electron chi connectivity index (χ4n) is 5.53. The summed E-state index contributed by atoms with van der Waals surface area (Å²) in [5.41, 5.74) is 11.4. The van der Waals surface area contributed by atoms with E-state index in [0.717, 1.165) is 10.9 Å². The quantitative estimate of drug-likeness (QED) is 0.112. The Balaban J connectivity index is 1.17. The Hall–Kier alpha value is -3.44. The normalized spacial score (nSPS) is 37.2. The number of nitrogens with two attached hydrogens (primary N) is 2. The summed E-state index contributed by atoms with van der Waals surface area (Å²) in [6.45, 7) is -0.0195. The van der Waals surface area contributed by atoms with E-state index in [0.29, 0.717) is 11.2 Å². The van der Waals surface area contributed by atoms with Gasteiger partial charge in [0.15, 0.2) is 29.3 Å². The highest BCUT2D eigenvalue weighted by Gasteiger charge is 2.54. The molecule has 25 heteroatoms. The minimum atomic E-state index is -5.06. The molecular weight excluding hydrogens is 662 g/mol. The fraction of sp³-hybridized carbons (Fsp3) is 0.524. The van der Waals surface area contributed by atoms with E-state index in [1.807, 2.05) is 0 Å². The standard InChI is InChI=1S/C21H26N10O13P2/c1-6-9-15(27-20(22)26-6)30(4-24-9)18-11(32)13-7(41-18)2-39-46(37,38)44-14-8(3-40-45(35,36)43-13)42-19(12(14)33)31-5-25-10-16(31)28-21(23)29-17(10)34/h4-5,7-8,11-14,18-19,32-33H,2-3H2,1H3,(H,35,36)(H,37,38)(H2,22,26,27)(H3,23,28,29,34)/t7-,8-,11+,12?,13?,14+,18-,19-/m1/s1. The summed E-state index contributed by atoms with van der Waals surface area (Å²) < 4.78 is 61.1. The molecule has 3 aliphatic rings. The van der Waals surface area contributed by atoms with Gasteiger partial charge in [-0.2, -0.15) is 9.97 Å². The number of phosphoric acid groups is 2. The number of aliphatic hydroxyl groups excluding tert-OH is 2. The molecule has 9 N–H and O–H groups in total. The molecule has 0 saturated carbocycles. The van der Waals surface area contributed by atoms with Crippen molar-refractivity contribution in [1.82, 2.24) is 39.0 Å². The predicted octanol–water partition coefficient (Wildman–Crippen LogP) is -2.03. The summed E-state index contributed by atoms with van der Waals surface area (Å²) in [6.07, 6.45) is -10.2. The number of phosphoric ester groups is 2. The second-order valence-corrected chi connectivity index (χ2v) is 13.4. The van der Waals surface area contributed by atoms with E-state index in [-0.39, 0.29) is 28.7 Å². The van der Waals surface area contributed by atoms with Gasteiger partial charge in [0.1, 0.15) is 42.1 Å². The number of rotatable bonds is 2. The van der Waals surface area contributed by atoms with Gasteiger partial charge in [-0.3, -0.25) is 37.0 Å². The molecule has 0 aliphatic carbocycles. The van der Waals surface area contributed by atoms with Crippen LogP contribution in [0, 0.1) is 6.92 Å². The van der Waals surface area contributed by atoms with E-state index < -0.39 is 83.5 Å². The van der Waals surface area contributed by atoms with Gasteiger partial charge in [-0.1, -0.05) is 0 Å². The lowest BCUT2D eigenvalue weighted by molar-refractivity contribution is -0.0664. The average Bonchev–Trinajstić information content (AvgIpc) is 3.72. The topological polar surface area (TPSA) is 330 Å². The molecule has 0 aromatic carbocycles. The van der Waals surface area contributed by atoms with Crippen molar-refractivity contribution in [2.75, 3.05) is 24.7 Å². The van der Waals surface area contributed by atoms with Crippen molar-refractivity contribution >= 4 is 49.9 Å².